The van der Waals surface area contributed by atoms with E-state index >= 15 is 0 Å². The molecule has 1 fully saturated rings. The largest absolute Gasteiger partial charge is 0.400 e. The van der Waals surface area contributed by atoms with Crippen molar-refractivity contribution in [2.45, 2.75) is 109 Å². The van der Waals surface area contributed by atoms with Gasteiger partial charge in [-0.05, 0) is 12.8 Å². The Morgan fingerprint density at radius 1 is 0.647 bits per heavy atom. The van der Waals surface area contributed by atoms with E-state index in [1.165, 1.54) is 7.11 Å². The van der Waals surface area contributed by atoms with E-state index in [1.54, 1.807) is 0 Å². The smallest absolute Gasteiger partial charge is 0.376 e. The molecule has 0 aliphatic carbocycles. The standard InChI is InChI=1S/C22H44O10S2/c1-4-6-8-10-12-14-16-29-33(23,24)31-20-18-28-19-21(22(20)27-3)32-34(25,26)30-17-15-13-11-9-7-5-2/h20-22H,4-19H2,1-3H3/t20-,21-/m1/s1. The lowest BCUT2D eigenvalue weighted by Crippen LogP contribution is -2.52. The molecule has 2 atom stereocenters. The average molecular weight is 533 g/mol. The minimum atomic E-state index is -4.31. The molecule has 0 saturated carbocycles. The van der Waals surface area contributed by atoms with Gasteiger partial charge < -0.3 is 9.47 Å². The first-order valence-electron chi connectivity index (χ1n) is 12.5. The Hall–Kier alpha value is -0.340. The number of unbranched alkanes of at least 4 members (excludes halogenated alkanes) is 10. The van der Waals surface area contributed by atoms with E-state index in [0.29, 0.717) is 12.8 Å². The summed E-state index contributed by atoms with van der Waals surface area (Å²) in [5, 5.41) is 0. The highest BCUT2D eigenvalue weighted by molar-refractivity contribution is 7.82. The van der Waals surface area contributed by atoms with Gasteiger partial charge in [-0.2, -0.15) is 16.8 Å². The van der Waals surface area contributed by atoms with Gasteiger partial charge in [0, 0.05) is 7.11 Å². The highest BCUT2D eigenvalue weighted by atomic mass is 32.3. The van der Waals surface area contributed by atoms with Crippen LogP contribution >= 0.6 is 0 Å². The van der Waals surface area contributed by atoms with Crippen molar-refractivity contribution in [2.75, 3.05) is 33.5 Å². The molecule has 0 spiro atoms. The molecule has 0 unspecified atom stereocenters. The van der Waals surface area contributed by atoms with Gasteiger partial charge in [0.1, 0.15) is 18.3 Å². The highest BCUT2D eigenvalue weighted by Gasteiger charge is 2.41. The molecule has 1 rings (SSSR count). The average Bonchev–Trinajstić information content (AvgIpc) is 2.77. The summed E-state index contributed by atoms with van der Waals surface area (Å²) < 4.78 is 79.5. The van der Waals surface area contributed by atoms with E-state index in [-0.39, 0.29) is 26.4 Å². The van der Waals surface area contributed by atoms with E-state index in [1.807, 2.05) is 0 Å². The maximum atomic E-state index is 12.2. The third kappa shape index (κ3) is 14.3. The van der Waals surface area contributed by atoms with Crippen LogP contribution in [0.1, 0.15) is 90.9 Å². The topological polar surface area (TPSA) is 124 Å². The Balaban J connectivity index is 2.46. The number of hydrogen-bond donors (Lipinski definition) is 0. The summed E-state index contributed by atoms with van der Waals surface area (Å²) in [4.78, 5) is 0. The van der Waals surface area contributed by atoms with Crippen molar-refractivity contribution in [1.82, 2.24) is 0 Å². The van der Waals surface area contributed by atoms with Crippen molar-refractivity contribution < 1.29 is 43.0 Å². The number of methoxy groups -OCH3 is 1. The first-order valence-corrected chi connectivity index (χ1v) is 15.2. The highest BCUT2D eigenvalue weighted by Crippen LogP contribution is 2.22. The normalized spacial score (nSPS) is 20.1. The molecule has 1 saturated heterocycles. The summed E-state index contributed by atoms with van der Waals surface area (Å²) in [6.07, 6.45) is 8.56. The van der Waals surface area contributed by atoms with Crippen LogP contribution < -0.4 is 0 Å². The third-order valence-corrected chi connectivity index (χ3v) is 7.38. The predicted molar refractivity (Wildman–Crippen MR) is 128 cm³/mol. The summed E-state index contributed by atoms with van der Waals surface area (Å²) in [6, 6.07) is 0. The van der Waals surface area contributed by atoms with Crippen molar-refractivity contribution in [2.24, 2.45) is 0 Å². The third-order valence-electron chi connectivity index (χ3n) is 5.50. The molecule has 1 aliphatic rings. The lowest BCUT2D eigenvalue weighted by atomic mass is 10.1. The van der Waals surface area contributed by atoms with Crippen LogP contribution in [0, 0.1) is 0 Å². The van der Waals surface area contributed by atoms with Gasteiger partial charge in [-0.1, -0.05) is 78.1 Å². The van der Waals surface area contributed by atoms with Crippen molar-refractivity contribution >= 4 is 20.8 Å². The maximum absolute atomic E-state index is 12.2. The monoisotopic (exact) mass is 532 g/mol. The van der Waals surface area contributed by atoms with E-state index in [4.69, 9.17) is 26.2 Å². The van der Waals surface area contributed by atoms with Crippen LogP contribution in [0.2, 0.25) is 0 Å². The fraction of sp³-hybridized carbons (Fsp3) is 1.00. The molecule has 0 N–H and O–H groups in total. The molecule has 0 bridgehead atoms. The zero-order valence-corrected chi connectivity index (χ0v) is 22.6. The Labute approximate surface area is 206 Å². The molecule has 34 heavy (non-hydrogen) atoms. The summed E-state index contributed by atoms with van der Waals surface area (Å²) in [5.41, 5.74) is 0. The van der Waals surface area contributed by atoms with Crippen LogP contribution in [0.15, 0.2) is 0 Å². The second-order valence-corrected chi connectivity index (χ2v) is 11.0. The first kappa shape index (κ1) is 31.7. The molecule has 10 nitrogen and oxygen atoms in total. The van der Waals surface area contributed by atoms with Crippen LogP contribution in [0.4, 0.5) is 0 Å². The lowest BCUT2D eigenvalue weighted by molar-refractivity contribution is -0.148. The Morgan fingerprint density at radius 2 is 1.03 bits per heavy atom. The molecule has 0 aromatic heterocycles. The van der Waals surface area contributed by atoms with Crippen LogP contribution in [0.5, 0.6) is 0 Å². The number of hydrogen-bond acceptors (Lipinski definition) is 10. The second-order valence-electron chi connectivity index (χ2n) is 8.50. The minimum absolute atomic E-state index is 0.0142. The Kier molecular flexibility index (Phi) is 16.8. The van der Waals surface area contributed by atoms with Gasteiger partial charge in [-0.25, -0.2) is 16.7 Å². The molecule has 204 valence electrons. The molecule has 0 amide bonds. The molecule has 1 aliphatic heterocycles. The zero-order chi connectivity index (χ0) is 25.3. The molecule has 1 heterocycles. The van der Waals surface area contributed by atoms with Gasteiger partial charge in [-0.3, -0.25) is 0 Å². The fourth-order valence-corrected chi connectivity index (χ4v) is 5.33. The second kappa shape index (κ2) is 18.0. The van der Waals surface area contributed by atoms with E-state index in [0.717, 1.165) is 64.2 Å². The summed E-state index contributed by atoms with van der Waals surface area (Å²) in [7, 11) is -7.31. The van der Waals surface area contributed by atoms with Crippen molar-refractivity contribution in [3.63, 3.8) is 0 Å². The van der Waals surface area contributed by atoms with Gasteiger partial charge in [0.15, 0.2) is 0 Å². The molecule has 0 radical (unpaired) electrons. The van der Waals surface area contributed by atoms with Gasteiger partial charge in [-0.15, -0.1) is 0 Å². The van der Waals surface area contributed by atoms with Crippen LogP contribution in [0.25, 0.3) is 0 Å². The summed E-state index contributed by atoms with van der Waals surface area (Å²) in [6.45, 7) is 4.06. The minimum Gasteiger partial charge on any atom is -0.376 e. The van der Waals surface area contributed by atoms with E-state index in [2.05, 4.69) is 13.8 Å². The maximum Gasteiger partial charge on any atom is 0.400 e. The zero-order valence-electron chi connectivity index (χ0n) is 20.9. The van der Waals surface area contributed by atoms with Crippen molar-refractivity contribution in [3.05, 3.63) is 0 Å². The summed E-state index contributed by atoms with van der Waals surface area (Å²) in [5.74, 6) is 0. The van der Waals surface area contributed by atoms with Gasteiger partial charge >= 0.3 is 20.8 Å². The lowest BCUT2D eigenvalue weighted by Gasteiger charge is -2.34. The van der Waals surface area contributed by atoms with Crippen LogP contribution in [0.3, 0.4) is 0 Å². The molecule has 0 aromatic rings. The summed E-state index contributed by atoms with van der Waals surface area (Å²) >= 11 is 0. The van der Waals surface area contributed by atoms with Gasteiger partial charge in [0.05, 0.1) is 26.4 Å². The van der Waals surface area contributed by atoms with Crippen molar-refractivity contribution in [3.8, 4) is 0 Å². The Morgan fingerprint density at radius 3 is 1.41 bits per heavy atom. The van der Waals surface area contributed by atoms with E-state index in [9.17, 15) is 16.8 Å². The SMILES string of the molecule is CCCCCCCCOS(=O)(=O)O[C@@H]1COC[C@@H](OS(=O)(=O)OCCCCCCCC)C1OC. The van der Waals surface area contributed by atoms with Gasteiger partial charge in [0.25, 0.3) is 0 Å². The molecule has 12 heteroatoms. The van der Waals surface area contributed by atoms with Crippen LogP contribution in [-0.2, 0) is 47.0 Å². The molecular formula is C22H44O10S2. The Bertz CT molecular complexity index is 653. The van der Waals surface area contributed by atoms with Crippen molar-refractivity contribution in [1.29, 1.82) is 0 Å². The molecular weight excluding hydrogens is 488 g/mol. The number of ether oxygens (including phenoxy) is 2. The van der Waals surface area contributed by atoms with E-state index < -0.39 is 39.1 Å². The molecule has 0 aromatic carbocycles. The van der Waals surface area contributed by atoms with Crippen LogP contribution in [-0.4, -0.2) is 68.7 Å². The number of rotatable bonds is 21. The quantitative estimate of drug-likeness (QED) is 0.200. The first-order chi connectivity index (χ1) is 16.2. The van der Waals surface area contributed by atoms with Gasteiger partial charge in [0.2, 0.25) is 0 Å². The predicted octanol–water partition coefficient (Wildman–Crippen LogP) is 4.05. The fourth-order valence-electron chi connectivity index (χ4n) is 3.64.